The number of methoxy groups -OCH3 is 1. The minimum atomic E-state index is -0.716. The molecule has 1 unspecified atom stereocenters. The van der Waals surface area contributed by atoms with Gasteiger partial charge in [0, 0.05) is 25.2 Å². The normalized spacial score (nSPS) is 11.9. The van der Waals surface area contributed by atoms with E-state index in [4.69, 9.17) is 4.74 Å². The molecular formula is C16H18N2O4. The van der Waals surface area contributed by atoms with Crippen molar-refractivity contribution in [2.45, 2.75) is 12.6 Å². The van der Waals surface area contributed by atoms with Gasteiger partial charge in [0.05, 0.1) is 18.1 Å². The number of benzene rings is 2. The van der Waals surface area contributed by atoms with Gasteiger partial charge < -0.3 is 15.2 Å². The number of nitro benzene ring substituents is 1. The molecule has 1 atom stereocenters. The Labute approximate surface area is 128 Å². The highest BCUT2D eigenvalue weighted by Crippen LogP contribution is 2.17. The minimum absolute atomic E-state index is 0.0142. The van der Waals surface area contributed by atoms with Gasteiger partial charge in [-0.15, -0.1) is 0 Å². The van der Waals surface area contributed by atoms with Crippen molar-refractivity contribution in [2.24, 2.45) is 0 Å². The first kappa shape index (κ1) is 15.9. The average molecular weight is 302 g/mol. The molecule has 0 saturated heterocycles. The van der Waals surface area contributed by atoms with Gasteiger partial charge >= 0.3 is 0 Å². The molecule has 2 rings (SSSR count). The Hall–Kier alpha value is -2.44. The van der Waals surface area contributed by atoms with E-state index >= 15 is 0 Å². The van der Waals surface area contributed by atoms with Crippen LogP contribution < -0.4 is 10.1 Å². The summed E-state index contributed by atoms with van der Waals surface area (Å²) >= 11 is 0. The van der Waals surface area contributed by atoms with Crippen molar-refractivity contribution in [3.8, 4) is 5.75 Å². The van der Waals surface area contributed by atoms with E-state index in [1.807, 2.05) is 24.3 Å². The van der Waals surface area contributed by atoms with Crippen LogP contribution in [0.5, 0.6) is 5.75 Å². The zero-order chi connectivity index (χ0) is 15.9. The fraction of sp³-hybridized carbons (Fsp3) is 0.250. The molecule has 0 aromatic heterocycles. The molecular weight excluding hydrogens is 284 g/mol. The number of aliphatic hydroxyl groups excluding tert-OH is 1. The number of nitrogens with one attached hydrogen (secondary N) is 1. The minimum Gasteiger partial charge on any atom is -0.497 e. The number of hydrogen-bond donors (Lipinski definition) is 2. The molecule has 0 bridgehead atoms. The van der Waals surface area contributed by atoms with Gasteiger partial charge in [-0.2, -0.15) is 0 Å². The molecule has 0 amide bonds. The number of nitro groups is 1. The van der Waals surface area contributed by atoms with Crippen molar-refractivity contribution >= 4 is 5.69 Å². The van der Waals surface area contributed by atoms with Gasteiger partial charge in [0.2, 0.25) is 0 Å². The number of non-ortho nitro benzene ring substituents is 1. The molecule has 0 aliphatic rings. The lowest BCUT2D eigenvalue weighted by molar-refractivity contribution is -0.384. The number of aliphatic hydroxyl groups is 1. The predicted molar refractivity (Wildman–Crippen MR) is 82.8 cm³/mol. The van der Waals surface area contributed by atoms with Crippen LogP contribution in [0.2, 0.25) is 0 Å². The average Bonchev–Trinajstić information content (AvgIpc) is 2.55. The smallest absolute Gasteiger partial charge is 0.269 e. The Morgan fingerprint density at radius 3 is 2.64 bits per heavy atom. The van der Waals surface area contributed by atoms with Gasteiger partial charge in [-0.3, -0.25) is 10.1 Å². The van der Waals surface area contributed by atoms with E-state index in [1.165, 1.54) is 12.1 Å². The first-order valence-electron chi connectivity index (χ1n) is 6.86. The summed E-state index contributed by atoms with van der Waals surface area (Å²) in [5.74, 6) is 0.787. The predicted octanol–water partition coefficient (Wildman–Crippen LogP) is 2.43. The number of rotatable bonds is 7. The van der Waals surface area contributed by atoms with E-state index in [0.29, 0.717) is 18.7 Å². The van der Waals surface area contributed by atoms with Gasteiger partial charge in [0.1, 0.15) is 5.75 Å². The molecule has 22 heavy (non-hydrogen) atoms. The Kier molecular flexibility index (Phi) is 5.46. The SMILES string of the molecule is COc1cccc(CNCC(O)c2ccc([N+](=O)[O-])cc2)c1. The van der Waals surface area contributed by atoms with Crippen LogP contribution in [-0.2, 0) is 6.54 Å². The van der Waals surface area contributed by atoms with Crippen molar-refractivity contribution in [1.29, 1.82) is 0 Å². The third-order valence-electron chi connectivity index (χ3n) is 3.29. The monoisotopic (exact) mass is 302 g/mol. The van der Waals surface area contributed by atoms with E-state index in [9.17, 15) is 15.2 Å². The van der Waals surface area contributed by atoms with Gasteiger partial charge in [0.25, 0.3) is 5.69 Å². The van der Waals surface area contributed by atoms with Gasteiger partial charge in [-0.25, -0.2) is 0 Å². The molecule has 6 nitrogen and oxygen atoms in total. The molecule has 0 radical (unpaired) electrons. The van der Waals surface area contributed by atoms with Crippen molar-refractivity contribution in [3.05, 3.63) is 69.8 Å². The van der Waals surface area contributed by atoms with Gasteiger partial charge in [0.15, 0.2) is 0 Å². The fourth-order valence-corrected chi connectivity index (χ4v) is 2.07. The fourth-order valence-electron chi connectivity index (χ4n) is 2.07. The van der Waals surface area contributed by atoms with Crippen molar-refractivity contribution in [1.82, 2.24) is 5.32 Å². The molecule has 6 heteroatoms. The quantitative estimate of drug-likeness (QED) is 0.606. The Morgan fingerprint density at radius 2 is 2.00 bits per heavy atom. The zero-order valence-corrected chi connectivity index (χ0v) is 12.2. The lowest BCUT2D eigenvalue weighted by Crippen LogP contribution is -2.21. The first-order chi connectivity index (χ1) is 10.6. The molecule has 2 aromatic rings. The number of nitrogens with zero attached hydrogens (tertiary/aromatic N) is 1. The third kappa shape index (κ3) is 4.28. The molecule has 0 fully saturated rings. The van der Waals surface area contributed by atoms with Crippen LogP contribution in [0.25, 0.3) is 0 Å². The van der Waals surface area contributed by atoms with E-state index in [0.717, 1.165) is 11.3 Å². The van der Waals surface area contributed by atoms with Crippen LogP contribution in [-0.4, -0.2) is 23.7 Å². The lowest BCUT2D eigenvalue weighted by Gasteiger charge is -2.12. The van der Waals surface area contributed by atoms with Crippen LogP contribution in [0.4, 0.5) is 5.69 Å². The van der Waals surface area contributed by atoms with E-state index < -0.39 is 11.0 Å². The van der Waals surface area contributed by atoms with E-state index in [-0.39, 0.29) is 5.69 Å². The Morgan fingerprint density at radius 1 is 1.27 bits per heavy atom. The van der Waals surface area contributed by atoms with Gasteiger partial charge in [-0.05, 0) is 35.4 Å². The van der Waals surface area contributed by atoms with Crippen molar-refractivity contribution in [3.63, 3.8) is 0 Å². The van der Waals surface area contributed by atoms with Crippen LogP contribution in [0.1, 0.15) is 17.2 Å². The first-order valence-corrected chi connectivity index (χ1v) is 6.86. The Bertz CT molecular complexity index is 628. The largest absolute Gasteiger partial charge is 0.497 e. The van der Waals surface area contributed by atoms with Gasteiger partial charge in [-0.1, -0.05) is 12.1 Å². The highest BCUT2D eigenvalue weighted by Gasteiger charge is 2.10. The highest BCUT2D eigenvalue weighted by molar-refractivity contribution is 5.34. The summed E-state index contributed by atoms with van der Waals surface area (Å²) in [5, 5.41) is 23.8. The summed E-state index contributed by atoms with van der Waals surface area (Å²) in [6.45, 7) is 0.955. The summed E-state index contributed by atoms with van der Waals surface area (Å²) in [6, 6.07) is 13.6. The highest BCUT2D eigenvalue weighted by atomic mass is 16.6. The summed E-state index contributed by atoms with van der Waals surface area (Å²) < 4.78 is 5.15. The second-order valence-electron chi connectivity index (χ2n) is 4.85. The van der Waals surface area contributed by atoms with Crippen LogP contribution in [0.3, 0.4) is 0 Å². The molecule has 116 valence electrons. The van der Waals surface area contributed by atoms with Crippen LogP contribution >= 0.6 is 0 Å². The molecule has 0 spiro atoms. The van der Waals surface area contributed by atoms with Crippen LogP contribution in [0.15, 0.2) is 48.5 Å². The zero-order valence-electron chi connectivity index (χ0n) is 12.2. The maximum atomic E-state index is 10.6. The molecule has 0 saturated carbocycles. The molecule has 0 heterocycles. The Balaban J connectivity index is 1.86. The number of ether oxygens (including phenoxy) is 1. The second kappa shape index (κ2) is 7.53. The lowest BCUT2D eigenvalue weighted by atomic mass is 10.1. The summed E-state index contributed by atoms with van der Waals surface area (Å²) in [5.41, 5.74) is 1.71. The molecule has 0 aliphatic carbocycles. The second-order valence-corrected chi connectivity index (χ2v) is 4.85. The number of hydrogen-bond acceptors (Lipinski definition) is 5. The van der Waals surface area contributed by atoms with Crippen molar-refractivity contribution < 1.29 is 14.8 Å². The molecule has 2 N–H and O–H groups in total. The maximum Gasteiger partial charge on any atom is 0.269 e. The summed E-state index contributed by atoms with van der Waals surface area (Å²) in [4.78, 5) is 10.1. The standard InChI is InChI=1S/C16H18N2O4/c1-22-15-4-2-3-12(9-15)10-17-11-16(19)13-5-7-14(8-6-13)18(20)21/h2-9,16-17,19H,10-11H2,1H3. The van der Waals surface area contributed by atoms with Crippen molar-refractivity contribution in [2.75, 3.05) is 13.7 Å². The van der Waals surface area contributed by atoms with Crippen LogP contribution in [0, 0.1) is 10.1 Å². The third-order valence-corrected chi connectivity index (χ3v) is 3.29. The molecule has 2 aromatic carbocycles. The summed E-state index contributed by atoms with van der Waals surface area (Å²) in [7, 11) is 1.62. The topological polar surface area (TPSA) is 84.6 Å². The summed E-state index contributed by atoms with van der Waals surface area (Å²) in [6.07, 6.45) is -0.716. The van der Waals surface area contributed by atoms with E-state index in [2.05, 4.69) is 5.32 Å². The maximum absolute atomic E-state index is 10.6. The van der Waals surface area contributed by atoms with E-state index in [1.54, 1.807) is 19.2 Å². The molecule has 0 aliphatic heterocycles.